The number of aromatic nitrogens is 2. The van der Waals surface area contributed by atoms with Crippen LogP contribution < -0.4 is 11.2 Å². The van der Waals surface area contributed by atoms with Crippen LogP contribution >= 0.6 is 0 Å². The third kappa shape index (κ3) is 12.7. The summed E-state index contributed by atoms with van der Waals surface area (Å²) in [6.45, 7) is 4.69. The van der Waals surface area contributed by atoms with Gasteiger partial charge in [0.25, 0.3) is 5.56 Å². The standard InChI is InChI=1S/C43H70N2O6/c1-3-5-7-8-9-10-11-12-13-14-15-16-17-18-19-20-21-22-24-25-34-29-35(26-23-6-4-2)37-31-43(51-32-36(37)30-34)38(46)33-50-41(40(43)48)45-28-27-39(47)44-42(45)49/h27-30,38,40-41,46,48H,3-26,31-33H2,1-2H3,(H,44,47,49)/t38-,40+,41-,43-/m1/s1. The Morgan fingerprint density at radius 2 is 1.27 bits per heavy atom. The summed E-state index contributed by atoms with van der Waals surface area (Å²) in [4.78, 5) is 26.4. The van der Waals surface area contributed by atoms with Gasteiger partial charge in [0.05, 0.1) is 13.2 Å². The van der Waals surface area contributed by atoms with Crippen LogP contribution in [-0.4, -0.2) is 44.2 Å². The molecule has 4 atom stereocenters. The second-order valence-corrected chi connectivity index (χ2v) is 15.6. The van der Waals surface area contributed by atoms with Crippen LogP contribution in [0.3, 0.4) is 0 Å². The van der Waals surface area contributed by atoms with Crippen molar-refractivity contribution in [2.45, 2.75) is 205 Å². The molecule has 1 fully saturated rings. The number of H-pyrrole nitrogens is 1. The minimum atomic E-state index is -1.32. The van der Waals surface area contributed by atoms with Gasteiger partial charge >= 0.3 is 5.69 Å². The Hall–Kier alpha value is -2.26. The number of aryl methyl sites for hydroxylation is 2. The van der Waals surface area contributed by atoms with Crippen LogP contribution in [-0.2, 0) is 35.3 Å². The fourth-order valence-corrected chi connectivity index (χ4v) is 8.23. The Balaban J connectivity index is 1.19. The van der Waals surface area contributed by atoms with Crippen LogP contribution in [0.25, 0.3) is 0 Å². The highest BCUT2D eigenvalue weighted by atomic mass is 16.6. The summed E-state index contributed by atoms with van der Waals surface area (Å²) in [6, 6.07) is 5.84. The van der Waals surface area contributed by atoms with Crippen molar-refractivity contribution in [3.05, 3.63) is 67.5 Å². The molecule has 0 aliphatic carbocycles. The number of hydrogen-bond acceptors (Lipinski definition) is 6. The molecule has 4 rings (SSSR count). The minimum absolute atomic E-state index is 0.0920. The minimum Gasteiger partial charge on any atom is -0.388 e. The number of nitrogens with zero attached hydrogens (tertiary/aromatic N) is 1. The lowest BCUT2D eigenvalue weighted by molar-refractivity contribution is -0.284. The average molecular weight is 711 g/mol. The van der Waals surface area contributed by atoms with Gasteiger partial charge in [0, 0.05) is 18.7 Å². The van der Waals surface area contributed by atoms with Crippen molar-refractivity contribution in [1.29, 1.82) is 0 Å². The summed E-state index contributed by atoms with van der Waals surface area (Å²) in [7, 11) is 0. The third-order valence-electron chi connectivity index (χ3n) is 11.4. The maximum atomic E-state index is 12.6. The molecule has 0 radical (unpaired) electrons. The van der Waals surface area contributed by atoms with Crippen LogP contribution in [0, 0.1) is 0 Å². The number of aliphatic hydroxyl groups excluding tert-OH is 2. The van der Waals surface area contributed by atoms with E-state index in [2.05, 4.69) is 31.0 Å². The number of ether oxygens (including phenoxy) is 2. The van der Waals surface area contributed by atoms with Crippen molar-refractivity contribution in [3.8, 4) is 0 Å². The number of unbranched alkanes of at least 4 members (excludes halogenated alkanes) is 20. The Morgan fingerprint density at radius 1 is 0.745 bits per heavy atom. The predicted molar refractivity (Wildman–Crippen MR) is 206 cm³/mol. The quantitative estimate of drug-likeness (QED) is 0.0887. The summed E-state index contributed by atoms with van der Waals surface area (Å²) < 4.78 is 13.3. The normalized spacial score (nSPS) is 21.7. The van der Waals surface area contributed by atoms with Crippen LogP contribution in [0.15, 0.2) is 34.0 Å². The van der Waals surface area contributed by atoms with Gasteiger partial charge in [-0.25, -0.2) is 4.79 Å². The van der Waals surface area contributed by atoms with E-state index in [4.69, 9.17) is 9.47 Å². The zero-order chi connectivity index (χ0) is 36.3. The molecule has 0 unspecified atom stereocenters. The molecule has 51 heavy (non-hydrogen) atoms. The Kier molecular flexibility index (Phi) is 18.5. The van der Waals surface area contributed by atoms with E-state index >= 15 is 0 Å². The monoisotopic (exact) mass is 711 g/mol. The molecule has 1 saturated heterocycles. The van der Waals surface area contributed by atoms with Gasteiger partial charge in [-0.1, -0.05) is 154 Å². The molecule has 2 aromatic rings. The molecule has 0 saturated carbocycles. The van der Waals surface area contributed by atoms with Crippen molar-refractivity contribution in [1.82, 2.24) is 9.55 Å². The van der Waals surface area contributed by atoms with Gasteiger partial charge in [-0.2, -0.15) is 0 Å². The maximum absolute atomic E-state index is 12.6. The molecular weight excluding hydrogens is 640 g/mol. The summed E-state index contributed by atoms with van der Waals surface area (Å²) >= 11 is 0. The largest absolute Gasteiger partial charge is 0.388 e. The second kappa shape index (κ2) is 22.7. The molecule has 0 amide bonds. The van der Waals surface area contributed by atoms with Crippen LogP contribution in [0.4, 0.5) is 0 Å². The highest BCUT2D eigenvalue weighted by molar-refractivity contribution is 5.42. The van der Waals surface area contributed by atoms with Gasteiger partial charge in [0.15, 0.2) is 6.23 Å². The Bertz CT molecular complexity index is 1390. The zero-order valence-corrected chi connectivity index (χ0v) is 32.1. The smallest absolute Gasteiger partial charge is 0.330 e. The van der Waals surface area contributed by atoms with E-state index in [1.807, 2.05) is 0 Å². The summed E-state index contributed by atoms with van der Waals surface area (Å²) in [5, 5.41) is 22.8. The lowest BCUT2D eigenvalue weighted by atomic mass is 9.76. The van der Waals surface area contributed by atoms with Crippen LogP contribution in [0.5, 0.6) is 0 Å². The van der Waals surface area contributed by atoms with E-state index in [0.717, 1.165) is 43.2 Å². The van der Waals surface area contributed by atoms with E-state index < -0.39 is 35.3 Å². The van der Waals surface area contributed by atoms with Gasteiger partial charge in [-0.15, -0.1) is 0 Å². The molecule has 2 aliphatic rings. The summed E-state index contributed by atoms with van der Waals surface area (Å²) in [5.74, 6) is 0. The van der Waals surface area contributed by atoms with E-state index in [1.165, 1.54) is 150 Å². The zero-order valence-electron chi connectivity index (χ0n) is 32.1. The number of nitrogens with one attached hydrogen (secondary N) is 1. The molecule has 3 heterocycles. The molecule has 0 bridgehead atoms. The average Bonchev–Trinajstić information content (AvgIpc) is 3.12. The first-order chi connectivity index (χ1) is 24.9. The number of aliphatic hydroxyl groups is 2. The van der Waals surface area contributed by atoms with Gasteiger partial charge in [-0.05, 0) is 47.9 Å². The lowest BCUT2D eigenvalue weighted by Crippen LogP contribution is -2.65. The first-order valence-electron chi connectivity index (χ1n) is 21.0. The first-order valence-corrected chi connectivity index (χ1v) is 21.0. The number of benzene rings is 1. The fraction of sp³-hybridized carbons (Fsp3) is 0.767. The number of hydrogen-bond donors (Lipinski definition) is 3. The van der Waals surface area contributed by atoms with Crippen molar-refractivity contribution in [2.24, 2.45) is 0 Å². The van der Waals surface area contributed by atoms with Crippen LogP contribution in [0.2, 0.25) is 0 Å². The highest BCUT2D eigenvalue weighted by Crippen LogP contribution is 2.42. The fourth-order valence-electron chi connectivity index (χ4n) is 8.23. The highest BCUT2D eigenvalue weighted by Gasteiger charge is 2.55. The maximum Gasteiger partial charge on any atom is 0.330 e. The predicted octanol–water partition coefficient (Wildman–Crippen LogP) is 9.01. The SMILES string of the molecule is CCCCCCCCCCCCCCCCCCCCCc1cc(CCCCC)c2c(c1)CO[C@]1(C2)[C@H](O)CO[C@@H](n2ccc(=O)[nH]c2=O)[C@@H]1O. The number of rotatable bonds is 25. The molecule has 8 heteroatoms. The Labute approximate surface area is 307 Å². The summed E-state index contributed by atoms with van der Waals surface area (Å²) in [5.41, 5.74) is 2.38. The second-order valence-electron chi connectivity index (χ2n) is 15.6. The van der Waals surface area contributed by atoms with Gasteiger partial charge < -0.3 is 19.7 Å². The molecule has 8 nitrogen and oxygen atoms in total. The van der Waals surface area contributed by atoms with Crippen molar-refractivity contribution in [2.75, 3.05) is 6.61 Å². The van der Waals surface area contributed by atoms with Gasteiger partial charge in [-0.3, -0.25) is 14.3 Å². The topological polar surface area (TPSA) is 114 Å². The number of aromatic amines is 1. The van der Waals surface area contributed by atoms with E-state index in [1.54, 1.807) is 0 Å². The van der Waals surface area contributed by atoms with Gasteiger partial charge in [0.2, 0.25) is 0 Å². The number of fused-ring (bicyclic) bond motifs is 1. The molecule has 1 aromatic heterocycles. The molecule has 288 valence electrons. The first kappa shape index (κ1) is 41.5. The van der Waals surface area contributed by atoms with E-state index in [0.29, 0.717) is 6.42 Å². The molecule has 3 N–H and O–H groups in total. The molecule has 1 aromatic carbocycles. The van der Waals surface area contributed by atoms with Crippen LogP contribution in [0.1, 0.15) is 184 Å². The lowest BCUT2D eigenvalue weighted by Gasteiger charge is -2.50. The molecular formula is C43H70N2O6. The van der Waals surface area contributed by atoms with E-state index in [-0.39, 0.29) is 13.2 Å². The van der Waals surface area contributed by atoms with Crippen molar-refractivity contribution >= 4 is 0 Å². The summed E-state index contributed by atoms with van der Waals surface area (Å²) in [6.07, 6.45) is 29.8. The van der Waals surface area contributed by atoms with Gasteiger partial charge in [0.1, 0.15) is 17.8 Å². The van der Waals surface area contributed by atoms with Crippen molar-refractivity contribution < 1.29 is 19.7 Å². The third-order valence-corrected chi connectivity index (χ3v) is 11.4. The molecule has 1 spiro atoms. The van der Waals surface area contributed by atoms with E-state index in [9.17, 15) is 19.8 Å². The van der Waals surface area contributed by atoms with Crippen molar-refractivity contribution in [3.63, 3.8) is 0 Å². The Morgan fingerprint density at radius 3 is 1.84 bits per heavy atom. The molecule has 2 aliphatic heterocycles.